The van der Waals surface area contributed by atoms with E-state index in [0.29, 0.717) is 0 Å². The zero-order valence-corrected chi connectivity index (χ0v) is 27.6. The van der Waals surface area contributed by atoms with Gasteiger partial charge in [-0.05, 0) is 0 Å². The quantitative estimate of drug-likeness (QED) is 0.194. The first-order valence-electron chi connectivity index (χ1n) is 14.4. The predicted octanol–water partition coefficient (Wildman–Crippen LogP) is 0.200. The van der Waals surface area contributed by atoms with Crippen LogP contribution < -0.4 is 0 Å². The van der Waals surface area contributed by atoms with Crippen molar-refractivity contribution in [1.29, 1.82) is 0 Å². The van der Waals surface area contributed by atoms with Crippen LogP contribution in [0.4, 0.5) is 8.78 Å². The Hall–Kier alpha value is -4.46. The molecule has 274 valence electrons. The van der Waals surface area contributed by atoms with E-state index in [-0.39, 0.29) is 0 Å². The van der Waals surface area contributed by atoms with Crippen LogP contribution in [0.5, 0.6) is 0 Å². The molecule has 2 fully saturated rings. The van der Waals surface area contributed by atoms with E-state index in [2.05, 4.69) is 0 Å². The molecule has 0 amide bonds. The number of alkyl halides is 2. The molecule has 0 unspecified atom stereocenters. The number of ether oxygens (including phenoxy) is 10. The maximum atomic E-state index is 17.1. The van der Waals surface area contributed by atoms with Gasteiger partial charge in [-0.25, -0.2) is 0 Å². The molecule has 8 atom stereocenters. The first-order valence-corrected chi connectivity index (χ1v) is 14.4. The predicted molar refractivity (Wildman–Crippen MR) is 148 cm³/mol. The average molecular weight is 711 g/mol. The van der Waals surface area contributed by atoms with E-state index in [9.17, 15) is 38.4 Å². The largest absolute Gasteiger partial charge is 0.463 e. The SMILES string of the molecule is CC(=O)OC[C@H]1O[C](C(F)(F)[C]2O[C@H](COC(C)=O)[C@@H](OC(C)=O)[C@H](OC(C)=O)[C@@H]2OC(C)=O)[C@@H](OC(C)=O)[C@@H](OC(C)=O)[C@@H]1OC(C)=O. The highest BCUT2D eigenvalue weighted by Gasteiger charge is 2.69. The molecule has 0 aliphatic carbocycles. The molecule has 2 aliphatic heterocycles. The number of rotatable bonds is 12. The Balaban J connectivity index is 2.86. The summed E-state index contributed by atoms with van der Waals surface area (Å²) >= 11 is 0. The topological polar surface area (TPSA) is 229 Å². The lowest BCUT2D eigenvalue weighted by Gasteiger charge is -2.50. The molecule has 2 radical (unpaired) electrons. The molecule has 20 heteroatoms. The maximum absolute atomic E-state index is 17.1. The normalized spacial score (nSPS) is 27.5. The second kappa shape index (κ2) is 17.3. The van der Waals surface area contributed by atoms with Gasteiger partial charge in [0.05, 0.1) is 0 Å². The Morgan fingerprint density at radius 1 is 0.469 bits per heavy atom. The fraction of sp³-hybridized carbons (Fsp3) is 0.655. The lowest BCUT2D eigenvalue weighted by molar-refractivity contribution is -0.280. The Bertz CT molecular complexity index is 1190. The Kier molecular flexibility index (Phi) is 14.4. The van der Waals surface area contributed by atoms with Gasteiger partial charge in [-0.1, -0.05) is 0 Å². The number of esters is 8. The molecule has 2 rings (SSSR count). The van der Waals surface area contributed by atoms with Crippen molar-refractivity contribution in [3.63, 3.8) is 0 Å². The summed E-state index contributed by atoms with van der Waals surface area (Å²) in [4.78, 5) is 96.2. The zero-order chi connectivity index (χ0) is 37.4. The van der Waals surface area contributed by atoms with Gasteiger partial charge < -0.3 is 47.4 Å². The molecular formula is C29H36F2O18. The van der Waals surface area contributed by atoms with Gasteiger partial charge in [0.15, 0.2) is 36.6 Å². The Morgan fingerprint density at radius 3 is 0.980 bits per heavy atom. The standard InChI is InChI=1S/C29H36F2O18/c1-11(32)40-9-19-21(42-13(3)34)23(44-15(5)36)25(46-17(7)38)27(48-19)29(30,31)28-26(47-18(8)39)24(45-16(6)37)22(43-14(4)35)20(49-28)10-41-12(2)33/h19-26H,9-10H2,1-8H3/t19-,20-,21-,22-,23+,24+,25+,26+/m1/s1. The number of halogens is 2. The van der Waals surface area contributed by atoms with Crippen LogP contribution in [0.15, 0.2) is 0 Å². The number of carbonyl (C=O) groups is 8. The molecule has 0 spiro atoms. The summed E-state index contributed by atoms with van der Waals surface area (Å²) in [6.45, 7) is 5.29. The van der Waals surface area contributed by atoms with Crippen molar-refractivity contribution in [2.24, 2.45) is 0 Å². The van der Waals surface area contributed by atoms with Gasteiger partial charge in [-0.2, -0.15) is 8.78 Å². The summed E-state index contributed by atoms with van der Waals surface area (Å²) in [6.07, 6.45) is -19.5. The van der Waals surface area contributed by atoms with Crippen molar-refractivity contribution in [3.8, 4) is 0 Å². The molecule has 0 bridgehead atoms. The molecule has 18 nitrogen and oxygen atoms in total. The summed E-state index contributed by atoms with van der Waals surface area (Å²) in [7, 11) is 0. The summed E-state index contributed by atoms with van der Waals surface area (Å²) < 4.78 is 86.0. The fourth-order valence-corrected chi connectivity index (χ4v) is 4.85. The van der Waals surface area contributed by atoms with Crippen LogP contribution in [0.25, 0.3) is 0 Å². The van der Waals surface area contributed by atoms with Crippen LogP contribution in [0.1, 0.15) is 55.4 Å². The molecule has 0 aromatic rings. The summed E-state index contributed by atoms with van der Waals surface area (Å²) in [5.74, 6) is -13.4. The Labute approximate surface area is 278 Å². The molecule has 0 saturated carbocycles. The lowest BCUT2D eigenvalue weighted by Crippen LogP contribution is -2.67. The highest BCUT2D eigenvalue weighted by Crippen LogP contribution is 2.51. The first-order chi connectivity index (χ1) is 22.6. The number of hydrogen-bond donors (Lipinski definition) is 0. The minimum absolute atomic E-state index is 0.799. The summed E-state index contributed by atoms with van der Waals surface area (Å²) in [5, 5.41) is 0. The van der Waals surface area contributed by atoms with Crippen LogP contribution in [0, 0.1) is 12.2 Å². The molecule has 0 aromatic carbocycles. The molecule has 2 saturated heterocycles. The van der Waals surface area contributed by atoms with Gasteiger partial charge in [-0.15, -0.1) is 0 Å². The van der Waals surface area contributed by atoms with E-state index in [0.717, 1.165) is 55.4 Å². The molecule has 0 aromatic heterocycles. The van der Waals surface area contributed by atoms with Crippen LogP contribution in [-0.2, 0) is 85.7 Å². The third kappa shape index (κ3) is 11.3. The monoisotopic (exact) mass is 710 g/mol. The number of hydrogen-bond acceptors (Lipinski definition) is 18. The second-order valence-corrected chi connectivity index (χ2v) is 10.6. The van der Waals surface area contributed by atoms with Crippen molar-refractivity contribution < 1.29 is 94.5 Å². The highest BCUT2D eigenvalue weighted by molar-refractivity contribution is 5.70. The molecular weight excluding hydrogens is 674 g/mol. The van der Waals surface area contributed by atoms with E-state index in [1.165, 1.54) is 0 Å². The average Bonchev–Trinajstić information content (AvgIpc) is 2.93. The minimum atomic E-state index is -4.73. The van der Waals surface area contributed by atoms with Gasteiger partial charge in [0.25, 0.3) is 0 Å². The van der Waals surface area contributed by atoms with E-state index in [1.807, 2.05) is 0 Å². The van der Waals surface area contributed by atoms with Crippen LogP contribution in [-0.4, -0.2) is 116 Å². The van der Waals surface area contributed by atoms with E-state index < -0.39 is 128 Å². The zero-order valence-electron chi connectivity index (χ0n) is 27.6. The third-order valence-electron chi connectivity index (χ3n) is 6.37. The highest BCUT2D eigenvalue weighted by atomic mass is 19.3. The van der Waals surface area contributed by atoms with Gasteiger partial charge in [0, 0.05) is 55.4 Å². The van der Waals surface area contributed by atoms with Gasteiger partial charge in [0.1, 0.15) is 25.4 Å². The third-order valence-corrected chi connectivity index (χ3v) is 6.37. The van der Waals surface area contributed by atoms with E-state index >= 15 is 8.78 Å². The second-order valence-electron chi connectivity index (χ2n) is 10.6. The Morgan fingerprint density at radius 2 is 0.735 bits per heavy atom. The van der Waals surface area contributed by atoms with E-state index in [1.54, 1.807) is 0 Å². The molecule has 49 heavy (non-hydrogen) atoms. The first kappa shape index (κ1) is 40.7. The molecule has 0 N–H and O–H groups in total. The van der Waals surface area contributed by atoms with E-state index in [4.69, 9.17) is 47.4 Å². The van der Waals surface area contributed by atoms with Crippen molar-refractivity contribution >= 4 is 47.8 Å². The van der Waals surface area contributed by atoms with Crippen LogP contribution >= 0.6 is 0 Å². The fourth-order valence-electron chi connectivity index (χ4n) is 4.85. The molecule has 2 heterocycles. The van der Waals surface area contributed by atoms with Gasteiger partial charge in [0.2, 0.25) is 12.2 Å². The van der Waals surface area contributed by atoms with Gasteiger partial charge in [-0.3, -0.25) is 38.4 Å². The molecule has 2 aliphatic rings. The van der Waals surface area contributed by atoms with Crippen molar-refractivity contribution in [1.82, 2.24) is 0 Å². The van der Waals surface area contributed by atoms with Crippen LogP contribution in [0.3, 0.4) is 0 Å². The number of carbonyl (C=O) groups excluding carboxylic acids is 8. The lowest BCUT2D eigenvalue weighted by atomic mass is 9.84. The maximum Gasteiger partial charge on any atom is 0.318 e. The summed E-state index contributed by atoms with van der Waals surface area (Å²) in [6, 6.07) is 0. The minimum Gasteiger partial charge on any atom is -0.463 e. The van der Waals surface area contributed by atoms with Crippen molar-refractivity contribution in [2.75, 3.05) is 13.2 Å². The van der Waals surface area contributed by atoms with Crippen LogP contribution in [0.2, 0.25) is 0 Å². The summed E-state index contributed by atoms with van der Waals surface area (Å²) in [5.41, 5.74) is 0. The smallest absolute Gasteiger partial charge is 0.318 e. The van der Waals surface area contributed by atoms with Crippen molar-refractivity contribution in [3.05, 3.63) is 12.2 Å². The van der Waals surface area contributed by atoms with Gasteiger partial charge >= 0.3 is 53.7 Å². The van der Waals surface area contributed by atoms with Crippen molar-refractivity contribution in [2.45, 2.75) is 110 Å².